The van der Waals surface area contributed by atoms with Gasteiger partial charge in [0.25, 0.3) is 11.6 Å². The zero-order valence-electron chi connectivity index (χ0n) is 10.7. The molecule has 21 heavy (non-hydrogen) atoms. The predicted molar refractivity (Wildman–Crippen MR) is 81.0 cm³/mol. The molecular weight excluding hydrogens is 292 g/mol. The third-order valence-electron chi connectivity index (χ3n) is 3.20. The molecule has 1 heterocycles. The zero-order chi connectivity index (χ0) is 15.0. The van der Waals surface area contributed by atoms with Gasteiger partial charge in [-0.25, -0.2) is 0 Å². The van der Waals surface area contributed by atoms with Crippen molar-refractivity contribution >= 4 is 40.5 Å². The summed E-state index contributed by atoms with van der Waals surface area (Å²) in [6.07, 6.45) is 1.52. The molecule has 0 saturated heterocycles. The molecule has 0 fully saturated rings. The molecule has 0 bridgehead atoms. The molecule has 2 aromatic carbocycles. The average Bonchev–Trinajstić information content (AvgIpc) is 2.74. The quantitative estimate of drug-likeness (QED) is 0.521. The fraction of sp³-hybridized carbons (Fsp3) is 0. The molecule has 0 unspecified atom stereocenters. The normalized spacial score (nSPS) is 14.9. The fourth-order valence-corrected chi connectivity index (χ4v) is 2.41. The van der Waals surface area contributed by atoms with E-state index in [2.05, 4.69) is 5.32 Å². The van der Waals surface area contributed by atoms with Gasteiger partial charge < -0.3 is 5.32 Å². The van der Waals surface area contributed by atoms with Gasteiger partial charge in [0.2, 0.25) is 0 Å². The van der Waals surface area contributed by atoms with E-state index in [0.29, 0.717) is 27.4 Å². The number of hydrogen-bond acceptors (Lipinski definition) is 3. The topological polar surface area (TPSA) is 72.2 Å². The lowest BCUT2D eigenvalue weighted by Crippen LogP contribution is -2.03. The summed E-state index contributed by atoms with van der Waals surface area (Å²) < 4.78 is 0. The minimum absolute atomic E-state index is 0.0415. The Bertz CT molecular complexity index is 799. The SMILES string of the molecule is O=C1Nc2cc(Cl)ccc2C1=Cc1ccccc1[N+](=O)[O-]. The zero-order valence-corrected chi connectivity index (χ0v) is 11.4. The standard InChI is InChI=1S/C15H9ClN2O3/c16-10-5-6-11-12(15(19)17-13(11)8-10)7-9-3-1-2-4-14(9)18(20)21/h1-8H,(H,17,19). The van der Waals surface area contributed by atoms with Gasteiger partial charge in [0.15, 0.2) is 0 Å². The van der Waals surface area contributed by atoms with E-state index in [4.69, 9.17) is 11.6 Å². The van der Waals surface area contributed by atoms with E-state index in [0.717, 1.165) is 0 Å². The van der Waals surface area contributed by atoms with Crippen LogP contribution in [0.25, 0.3) is 11.6 Å². The Kier molecular flexibility index (Phi) is 3.19. The molecule has 0 atom stereocenters. The maximum Gasteiger partial charge on any atom is 0.276 e. The van der Waals surface area contributed by atoms with Gasteiger partial charge in [0, 0.05) is 22.2 Å². The molecule has 0 spiro atoms. The van der Waals surface area contributed by atoms with Crippen molar-refractivity contribution in [3.8, 4) is 0 Å². The van der Waals surface area contributed by atoms with Gasteiger partial charge in [0.05, 0.1) is 16.2 Å². The van der Waals surface area contributed by atoms with Crippen molar-refractivity contribution in [3.05, 3.63) is 68.7 Å². The highest BCUT2D eigenvalue weighted by molar-refractivity contribution is 6.36. The van der Waals surface area contributed by atoms with Crippen LogP contribution in [0.4, 0.5) is 11.4 Å². The Labute approximate surface area is 125 Å². The number of rotatable bonds is 2. The number of amides is 1. The maximum atomic E-state index is 12.0. The summed E-state index contributed by atoms with van der Waals surface area (Å²) in [6, 6.07) is 11.3. The first-order valence-electron chi connectivity index (χ1n) is 6.12. The number of carbonyl (C=O) groups is 1. The van der Waals surface area contributed by atoms with Crippen LogP contribution in [0.3, 0.4) is 0 Å². The van der Waals surface area contributed by atoms with Crippen LogP contribution in [0.2, 0.25) is 5.02 Å². The van der Waals surface area contributed by atoms with Crippen LogP contribution in [0.15, 0.2) is 42.5 Å². The van der Waals surface area contributed by atoms with Crippen molar-refractivity contribution in [2.24, 2.45) is 0 Å². The van der Waals surface area contributed by atoms with E-state index in [1.54, 1.807) is 36.4 Å². The van der Waals surface area contributed by atoms with Crippen molar-refractivity contribution in [2.75, 3.05) is 5.32 Å². The van der Waals surface area contributed by atoms with Gasteiger partial charge in [-0.1, -0.05) is 29.8 Å². The average molecular weight is 301 g/mol. The van der Waals surface area contributed by atoms with Crippen molar-refractivity contribution in [3.63, 3.8) is 0 Å². The smallest absolute Gasteiger partial charge is 0.276 e. The van der Waals surface area contributed by atoms with E-state index >= 15 is 0 Å². The first kappa shape index (κ1) is 13.3. The second-order valence-electron chi connectivity index (χ2n) is 4.52. The lowest BCUT2D eigenvalue weighted by Gasteiger charge is -2.00. The molecule has 3 rings (SSSR count). The lowest BCUT2D eigenvalue weighted by atomic mass is 10.0. The Balaban J connectivity index is 2.14. The van der Waals surface area contributed by atoms with Crippen LogP contribution in [0.5, 0.6) is 0 Å². The van der Waals surface area contributed by atoms with E-state index in [1.807, 2.05) is 0 Å². The van der Waals surface area contributed by atoms with Gasteiger partial charge in [-0.3, -0.25) is 14.9 Å². The number of carbonyl (C=O) groups excluding carboxylic acids is 1. The molecular formula is C15H9ClN2O3. The van der Waals surface area contributed by atoms with Crippen molar-refractivity contribution in [2.45, 2.75) is 0 Å². The third kappa shape index (κ3) is 2.39. The molecule has 2 aromatic rings. The Morgan fingerprint density at radius 3 is 2.71 bits per heavy atom. The highest BCUT2D eigenvalue weighted by Crippen LogP contribution is 2.35. The van der Waals surface area contributed by atoms with Crippen LogP contribution in [0, 0.1) is 10.1 Å². The molecule has 5 nitrogen and oxygen atoms in total. The van der Waals surface area contributed by atoms with Crippen LogP contribution in [0.1, 0.15) is 11.1 Å². The number of hydrogen-bond donors (Lipinski definition) is 1. The van der Waals surface area contributed by atoms with E-state index in [1.165, 1.54) is 12.1 Å². The summed E-state index contributed by atoms with van der Waals surface area (Å²) in [5, 5.41) is 14.2. The maximum absolute atomic E-state index is 12.0. The van der Waals surface area contributed by atoms with E-state index < -0.39 is 4.92 Å². The second-order valence-corrected chi connectivity index (χ2v) is 4.95. The third-order valence-corrected chi connectivity index (χ3v) is 3.43. The van der Waals surface area contributed by atoms with Crippen molar-refractivity contribution in [1.82, 2.24) is 0 Å². The minimum atomic E-state index is -0.470. The largest absolute Gasteiger partial charge is 0.321 e. The van der Waals surface area contributed by atoms with Crippen molar-refractivity contribution < 1.29 is 9.72 Å². The summed E-state index contributed by atoms with van der Waals surface area (Å²) in [4.78, 5) is 22.6. The van der Waals surface area contributed by atoms with Gasteiger partial charge in [0.1, 0.15) is 0 Å². The number of nitrogens with zero attached hydrogens (tertiary/aromatic N) is 1. The van der Waals surface area contributed by atoms with Gasteiger partial charge in [-0.15, -0.1) is 0 Å². The highest BCUT2D eigenvalue weighted by atomic mass is 35.5. The molecule has 0 aliphatic carbocycles. The number of nitro groups is 1. The van der Waals surface area contributed by atoms with Gasteiger partial charge in [-0.2, -0.15) is 0 Å². The van der Waals surface area contributed by atoms with Crippen LogP contribution >= 0.6 is 11.6 Å². The van der Waals surface area contributed by atoms with E-state index in [9.17, 15) is 14.9 Å². The van der Waals surface area contributed by atoms with Crippen molar-refractivity contribution in [1.29, 1.82) is 0 Å². The Morgan fingerprint density at radius 1 is 1.19 bits per heavy atom. The number of benzene rings is 2. The Hall–Kier alpha value is -2.66. The number of nitro benzene ring substituents is 1. The molecule has 1 aliphatic heterocycles. The second kappa shape index (κ2) is 5.03. The number of para-hydroxylation sites is 1. The molecule has 1 amide bonds. The summed E-state index contributed by atoms with van der Waals surface area (Å²) in [5.74, 6) is -0.301. The van der Waals surface area contributed by atoms with Crippen LogP contribution in [-0.2, 0) is 4.79 Å². The summed E-state index contributed by atoms with van der Waals surface area (Å²) in [6.45, 7) is 0. The van der Waals surface area contributed by atoms with Gasteiger partial charge >= 0.3 is 0 Å². The summed E-state index contributed by atoms with van der Waals surface area (Å²) in [5.41, 5.74) is 2.02. The fourth-order valence-electron chi connectivity index (χ4n) is 2.24. The first-order valence-corrected chi connectivity index (χ1v) is 6.50. The van der Waals surface area contributed by atoms with Crippen LogP contribution < -0.4 is 5.32 Å². The predicted octanol–water partition coefficient (Wildman–Crippen LogP) is 3.74. The first-order chi connectivity index (χ1) is 10.1. The molecule has 0 radical (unpaired) electrons. The molecule has 104 valence electrons. The number of fused-ring (bicyclic) bond motifs is 1. The Morgan fingerprint density at radius 2 is 1.95 bits per heavy atom. The molecule has 0 saturated carbocycles. The molecule has 0 aromatic heterocycles. The van der Waals surface area contributed by atoms with Crippen LogP contribution in [-0.4, -0.2) is 10.8 Å². The number of anilines is 1. The highest BCUT2D eigenvalue weighted by Gasteiger charge is 2.25. The summed E-state index contributed by atoms with van der Waals surface area (Å²) in [7, 11) is 0. The minimum Gasteiger partial charge on any atom is -0.321 e. The number of halogens is 1. The lowest BCUT2D eigenvalue weighted by molar-refractivity contribution is -0.385. The molecule has 1 aliphatic rings. The molecule has 6 heteroatoms. The van der Waals surface area contributed by atoms with Gasteiger partial charge in [-0.05, 0) is 24.3 Å². The number of nitrogens with one attached hydrogen (secondary N) is 1. The summed E-state index contributed by atoms with van der Waals surface area (Å²) >= 11 is 5.89. The monoisotopic (exact) mass is 300 g/mol. The molecule has 1 N–H and O–H groups in total. The van der Waals surface area contributed by atoms with E-state index in [-0.39, 0.29) is 11.6 Å².